The first kappa shape index (κ1) is 15.5. The summed E-state index contributed by atoms with van der Waals surface area (Å²) in [4.78, 5) is 0. The third-order valence-corrected chi connectivity index (χ3v) is 3.37. The molecule has 0 spiro atoms. The fraction of sp³-hybridized carbons (Fsp3) is 0.333. The van der Waals surface area contributed by atoms with Crippen LogP contribution in [0.5, 0.6) is 11.5 Å². The SMILES string of the molecule is CCCNC(CC)c1cccc(Oc2ccccc2F)c1. The minimum absolute atomic E-state index is 0.254. The quantitative estimate of drug-likeness (QED) is 0.767. The summed E-state index contributed by atoms with van der Waals surface area (Å²) in [5.74, 6) is 0.567. The summed E-state index contributed by atoms with van der Waals surface area (Å²) < 4.78 is 19.3. The van der Waals surface area contributed by atoms with Gasteiger partial charge in [0.2, 0.25) is 0 Å². The number of hydrogen-bond donors (Lipinski definition) is 1. The van der Waals surface area contributed by atoms with Crippen molar-refractivity contribution >= 4 is 0 Å². The Balaban J connectivity index is 2.15. The van der Waals surface area contributed by atoms with Crippen molar-refractivity contribution in [1.29, 1.82) is 0 Å². The van der Waals surface area contributed by atoms with Gasteiger partial charge in [-0.15, -0.1) is 0 Å². The van der Waals surface area contributed by atoms with Crippen LogP contribution in [-0.2, 0) is 0 Å². The van der Waals surface area contributed by atoms with Crippen LogP contribution in [0.25, 0.3) is 0 Å². The van der Waals surface area contributed by atoms with Crippen molar-refractivity contribution in [3.05, 3.63) is 59.9 Å². The lowest BCUT2D eigenvalue weighted by Gasteiger charge is -2.18. The molecule has 0 amide bonds. The zero-order valence-corrected chi connectivity index (χ0v) is 12.6. The van der Waals surface area contributed by atoms with Gasteiger partial charge in [0.15, 0.2) is 11.6 Å². The highest BCUT2D eigenvalue weighted by Crippen LogP contribution is 2.27. The smallest absolute Gasteiger partial charge is 0.165 e. The minimum Gasteiger partial charge on any atom is -0.454 e. The summed E-state index contributed by atoms with van der Waals surface area (Å²) >= 11 is 0. The van der Waals surface area contributed by atoms with E-state index in [-0.39, 0.29) is 11.6 Å². The third kappa shape index (κ3) is 4.30. The molecule has 1 atom stereocenters. The van der Waals surface area contributed by atoms with Gasteiger partial charge in [-0.1, -0.05) is 38.1 Å². The van der Waals surface area contributed by atoms with E-state index < -0.39 is 0 Å². The Labute approximate surface area is 126 Å². The second-order valence-corrected chi connectivity index (χ2v) is 5.02. The van der Waals surface area contributed by atoms with Crippen molar-refractivity contribution < 1.29 is 9.13 Å². The number of benzene rings is 2. The molecule has 0 aromatic heterocycles. The molecule has 0 aliphatic rings. The lowest BCUT2D eigenvalue weighted by atomic mass is 10.0. The van der Waals surface area contributed by atoms with Crippen molar-refractivity contribution in [2.75, 3.05) is 6.54 Å². The first-order chi connectivity index (χ1) is 10.2. The van der Waals surface area contributed by atoms with Crippen LogP contribution in [0.2, 0.25) is 0 Å². The summed E-state index contributed by atoms with van der Waals surface area (Å²) in [6.07, 6.45) is 2.10. The molecule has 21 heavy (non-hydrogen) atoms. The zero-order chi connectivity index (χ0) is 15.1. The van der Waals surface area contributed by atoms with Crippen LogP contribution in [-0.4, -0.2) is 6.54 Å². The summed E-state index contributed by atoms with van der Waals surface area (Å²) in [7, 11) is 0. The molecule has 3 heteroatoms. The maximum absolute atomic E-state index is 13.6. The molecule has 0 saturated heterocycles. The summed E-state index contributed by atoms with van der Waals surface area (Å²) in [6.45, 7) is 5.28. The molecule has 0 heterocycles. The van der Waals surface area contributed by atoms with Crippen LogP contribution >= 0.6 is 0 Å². The van der Waals surface area contributed by atoms with Crippen molar-refractivity contribution in [1.82, 2.24) is 5.32 Å². The standard InChI is InChI=1S/C18H22FNO/c1-3-12-20-17(4-2)14-8-7-9-15(13-14)21-18-11-6-5-10-16(18)19/h5-11,13,17,20H,3-4,12H2,1-2H3. The van der Waals surface area contributed by atoms with E-state index >= 15 is 0 Å². The van der Waals surface area contributed by atoms with Crippen molar-refractivity contribution in [3.63, 3.8) is 0 Å². The van der Waals surface area contributed by atoms with Crippen molar-refractivity contribution in [2.24, 2.45) is 0 Å². The van der Waals surface area contributed by atoms with Gasteiger partial charge in [0.1, 0.15) is 5.75 Å². The van der Waals surface area contributed by atoms with Crippen molar-refractivity contribution in [3.8, 4) is 11.5 Å². The van der Waals surface area contributed by atoms with Gasteiger partial charge in [0.05, 0.1) is 0 Å². The Morgan fingerprint density at radius 3 is 2.62 bits per heavy atom. The van der Waals surface area contributed by atoms with Crippen LogP contribution in [0.15, 0.2) is 48.5 Å². The van der Waals surface area contributed by atoms with E-state index in [0.717, 1.165) is 19.4 Å². The van der Waals surface area contributed by atoms with E-state index in [4.69, 9.17) is 4.74 Å². The van der Waals surface area contributed by atoms with Gasteiger partial charge in [-0.05, 0) is 49.2 Å². The molecule has 0 bridgehead atoms. The number of halogens is 1. The van der Waals surface area contributed by atoms with Gasteiger partial charge in [-0.3, -0.25) is 0 Å². The number of para-hydroxylation sites is 1. The summed E-state index contributed by atoms with van der Waals surface area (Å²) in [5.41, 5.74) is 1.17. The zero-order valence-electron chi connectivity index (χ0n) is 12.6. The number of rotatable bonds is 7. The van der Waals surface area contributed by atoms with Crippen LogP contribution in [0.1, 0.15) is 38.3 Å². The number of ether oxygens (including phenoxy) is 1. The highest BCUT2D eigenvalue weighted by atomic mass is 19.1. The van der Waals surface area contributed by atoms with Crippen molar-refractivity contribution in [2.45, 2.75) is 32.7 Å². The van der Waals surface area contributed by atoms with E-state index in [2.05, 4.69) is 25.2 Å². The molecule has 1 unspecified atom stereocenters. The Morgan fingerprint density at radius 1 is 1.10 bits per heavy atom. The Morgan fingerprint density at radius 2 is 1.90 bits per heavy atom. The Kier molecular flexibility index (Phi) is 5.76. The van der Waals surface area contributed by atoms with Gasteiger partial charge in [-0.25, -0.2) is 4.39 Å². The molecule has 0 aliphatic heterocycles. The highest BCUT2D eigenvalue weighted by Gasteiger charge is 2.10. The van der Waals surface area contributed by atoms with Gasteiger partial charge < -0.3 is 10.1 Å². The predicted octanol–water partition coefficient (Wildman–Crippen LogP) is 5.07. The van der Waals surface area contributed by atoms with E-state index in [1.54, 1.807) is 18.2 Å². The molecular weight excluding hydrogens is 265 g/mol. The lowest BCUT2D eigenvalue weighted by molar-refractivity contribution is 0.439. The molecule has 112 valence electrons. The van der Waals surface area contributed by atoms with Crippen LogP contribution in [0.4, 0.5) is 4.39 Å². The average Bonchev–Trinajstić information content (AvgIpc) is 2.51. The van der Waals surface area contributed by atoms with E-state index in [1.807, 2.05) is 18.2 Å². The highest BCUT2D eigenvalue weighted by molar-refractivity contribution is 5.35. The van der Waals surface area contributed by atoms with Gasteiger partial charge in [0.25, 0.3) is 0 Å². The lowest BCUT2D eigenvalue weighted by Crippen LogP contribution is -2.21. The van der Waals surface area contributed by atoms with E-state index in [0.29, 0.717) is 11.8 Å². The third-order valence-electron chi connectivity index (χ3n) is 3.37. The number of nitrogens with one attached hydrogen (secondary N) is 1. The normalized spacial score (nSPS) is 12.1. The molecule has 0 saturated carbocycles. The summed E-state index contributed by atoms with van der Waals surface area (Å²) in [6, 6.07) is 14.6. The fourth-order valence-corrected chi connectivity index (χ4v) is 2.27. The number of hydrogen-bond acceptors (Lipinski definition) is 2. The molecule has 0 aliphatic carbocycles. The molecule has 2 aromatic carbocycles. The first-order valence-corrected chi connectivity index (χ1v) is 7.50. The second-order valence-electron chi connectivity index (χ2n) is 5.02. The van der Waals surface area contributed by atoms with Crippen LogP contribution in [0, 0.1) is 5.82 Å². The fourth-order valence-electron chi connectivity index (χ4n) is 2.27. The van der Waals surface area contributed by atoms with Gasteiger partial charge in [0, 0.05) is 6.04 Å². The van der Waals surface area contributed by atoms with Crippen LogP contribution in [0.3, 0.4) is 0 Å². The molecule has 2 rings (SSSR count). The monoisotopic (exact) mass is 287 g/mol. The molecule has 1 N–H and O–H groups in total. The predicted molar refractivity (Wildman–Crippen MR) is 84.2 cm³/mol. The van der Waals surface area contributed by atoms with Gasteiger partial charge in [-0.2, -0.15) is 0 Å². The maximum atomic E-state index is 13.6. The maximum Gasteiger partial charge on any atom is 0.165 e. The van der Waals surface area contributed by atoms with E-state index in [1.165, 1.54) is 11.6 Å². The Hall–Kier alpha value is -1.87. The molecule has 2 aromatic rings. The Bertz CT molecular complexity index is 571. The second kappa shape index (κ2) is 7.79. The molecule has 0 fully saturated rings. The molecule has 2 nitrogen and oxygen atoms in total. The minimum atomic E-state index is -0.348. The van der Waals surface area contributed by atoms with E-state index in [9.17, 15) is 4.39 Å². The molecular formula is C18H22FNO. The largest absolute Gasteiger partial charge is 0.454 e. The van der Waals surface area contributed by atoms with Gasteiger partial charge >= 0.3 is 0 Å². The van der Waals surface area contributed by atoms with Crippen LogP contribution < -0.4 is 10.1 Å². The topological polar surface area (TPSA) is 21.3 Å². The summed E-state index contributed by atoms with van der Waals surface area (Å²) in [5, 5.41) is 3.51. The molecule has 0 radical (unpaired) electrons. The average molecular weight is 287 g/mol. The first-order valence-electron chi connectivity index (χ1n) is 7.50.